The van der Waals surface area contributed by atoms with Crippen LogP contribution in [0.4, 0.5) is 4.79 Å². The number of carbonyl (C=O) groups is 1. The Bertz CT molecular complexity index is 675. The molecule has 2 atom stereocenters. The van der Waals surface area contributed by atoms with Gasteiger partial charge in [-0.05, 0) is 38.4 Å². The second-order valence-corrected chi connectivity index (χ2v) is 8.43. The van der Waals surface area contributed by atoms with Crippen molar-refractivity contribution in [2.75, 3.05) is 19.6 Å². The van der Waals surface area contributed by atoms with Crippen LogP contribution in [-0.2, 0) is 4.74 Å². The summed E-state index contributed by atoms with van der Waals surface area (Å²) in [6.45, 7) is 5.45. The van der Waals surface area contributed by atoms with Gasteiger partial charge in [0.1, 0.15) is 11.2 Å². The first-order valence-electron chi connectivity index (χ1n) is 7.62. The Balaban J connectivity index is 2.17. The van der Waals surface area contributed by atoms with Crippen molar-refractivity contribution in [3.05, 3.63) is 33.8 Å². The smallest absolute Gasteiger partial charge is 0.410 e. The molecule has 1 fully saturated rings. The van der Waals surface area contributed by atoms with Crippen LogP contribution in [0.25, 0.3) is 10.4 Å². The van der Waals surface area contributed by atoms with E-state index in [1.807, 2.05) is 0 Å². The lowest BCUT2D eigenvalue weighted by molar-refractivity contribution is 0.0179. The fourth-order valence-electron chi connectivity index (χ4n) is 2.36. The molecule has 2 heterocycles. The molecule has 1 aromatic rings. The van der Waals surface area contributed by atoms with E-state index >= 15 is 0 Å². The van der Waals surface area contributed by atoms with Crippen molar-refractivity contribution >= 4 is 29.5 Å². The molecular weight excluding hydrogens is 366 g/mol. The first-order valence-corrected chi connectivity index (χ1v) is 8.88. The van der Waals surface area contributed by atoms with Gasteiger partial charge >= 0.3 is 6.09 Å². The summed E-state index contributed by atoms with van der Waals surface area (Å²) in [4.78, 5) is 20.6. The molecule has 0 aliphatic carbocycles. The number of thioether (sulfide) groups is 1. The minimum atomic E-state index is -1.37. The minimum absolute atomic E-state index is 0.0200. The molecule has 2 rings (SSSR count). The third-order valence-electron chi connectivity index (χ3n) is 3.47. The number of hydrogen-bond donors (Lipinski definition) is 1. The summed E-state index contributed by atoms with van der Waals surface area (Å²) in [6, 6.07) is 3.43. The summed E-state index contributed by atoms with van der Waals surface area (Å²) in [6.07, 6.45) is 0.996. The van der Waals surface area contributed by atoms with E-state index in [0.717, 1.165) is 0 Å². The van der Waals surface area contributed by atoms with Gasteiger partial charge in [0.05, 0.1) is 28.4 Å². The summed E-state index contributed by atoms with van der Waals surface area (Å²) in [5, 5.41) is 15.2. The number of hydrogen-bond acceptors (Lipinski definition) is 6. The maximum atomic E-state index is 12.3. The monoisotopic (exact) mass is 385 g/mol. The van der Waals surface area contributed by atoms with Crippen molar-refractivity contribution in [2.24, 2.45) is 5.11 Å². The van der Waals surface area contributed by atoms with Gasteiger partial charge in [-0.15, -0.1) is 0 Å². The Labute approximate surface area is 155 Å². The van der Waals surface area contributed by atoms with Crippen LogP contribution in [0.3, 0.4) is 0 Å². The summed E-state index contributed by atoms with van der Waals surface area (Å²) < 4.78 is 5.36. The lowest BCUT2D eigenvalue weighted by atomic mass is 10.0. The highest BCUT2D eigenvalue weighted by Gasteiger charge is 2.48. The number of ether oxygens (including phenoxy) is 1. The fraction of sp³-hybridized carbons (Fsp3) is 0.600. The van der Waals surface area contributed by atoms with Crippen molar-refractivity contribution in [1.82, 2.24) is 9.88 Å². The lowest BCUT2D eigenvalue weighted by Crippen LogP contribution is -2.44. The number of carbonyl (C=O) groups excluding carboxylic acids is 1. The van der Waals surface area contributed by atoms with Gasteiger partial charge in [0.2, 0.25) is 0 Å². The molecule has 1 aromatic heterocycles. The van der Waals surface area contributed by atoms with Crippen LogP contribution >= 0.6 is 23.4 Å². The van der Waals surface area contributed by atoms with E-state index in [0.29, 0.717) is 10.0 Å². The van der Waals surface area contributed by atoms with Gasteiger partial charge < -0.3 is 14.7 Å². The van der Waals surface area contributed by atoms with Crippen LogP contribution in [0.15, 0.2) is 28.5 Å². The highest BCUT2D eigenvalue weighted by molar-refractivity contribution is 8.00. The predicted molar refractivity (Wildman–Crippen MR) is 95.7 cm³/mol. The quantitative estimate of drug-likeness (QED) is 0.484. The van der Waals surface area contributed by atoms with Gasteiger partial charge in [0.25, 0.3) is 0 Å². The molecule has 1 N–H and O–H groups in total. The maximum absolute atomic E-state index is 12.3. The Kier molecular flexibility index (Phi) is 6.05. The van der Waals surface area contributed by atoms with Crippen molar-refractivity contribution in [1.29, 1.82) is 0 Å². The molecule has 10 heteroatoms. The van der Waals surface area contributed by atoms with Crippen LogP contribution < -0.4 is 0 Å². The van der Waals surface area contributed by atoms with E-state index in [9.17, 15) is 9.90 Å². The van der Waals surface area contributed by atoms with Gasteiger partial charge in [-0.3, -0.25) is 0 Å². The topological polar surface area (TPSA) is 111 Å². The molecular formula is C15H20ClN5O3S. The average molecular weight is 386 g/mol. The number of rotatable bonds is 4. The highest BCUT2D eigenvalue weighted by atomic mass is 35.5. The fourth-order valence-corrected chi connectivity index (χ4v) is 3.65. The molecule has 136 valence electrons. The Morgan fingerprint density at radius 2 is 2.36 bits per heavy atom. The number of nitrogens with zero attached hydrogens (tertiary/aromatic N) is 5. The predicted octanol–water partition coefficient (Wildman–Crippen LogP) is 3.49. The zero-order valence-corrected chi connectivity index (χ0v) is 15.8. The van der Waals surface area contributed by atoms with Crippen molar-refractivity contribution in [2.45, 2.75) is 42.2 Å². The van der Waals surface area contributed by atoms with Crippen molar-refractivity contribution in [3.8, 4) is 0 Å². The van der Waals surface area contributed by atoms with Gasteiger partial charge in [0.15, 0.2) is 0 Å². The highest BCUT2D eigenvalue weighted by Crippen LogP contribution is 2.36. The molecule has 1 aliphatic rings. The van der Waals surface area contributed by atoms with E-state index < -0.39 is 22.5 Å². The third-order valence-corrected chi connectivity index (χ3v) is 5.05. The van der Waals surface area contributed by atoms with Crippen LogP contribution in [0.1, 0.15) is 20.8 Å². The normalized spacial score (nSPS) is 23.2. The van der Waals surface area contributed by atoms with E-state index in [-0.39, 0.29) is 19.6 Å². The molecule has 1 amide bonds. The second-order valence-electron chi connectivity index (χ2n) is 6.77. The number of β-amino-alcohol motifs (C(OH)–C–C–N with tert-alkyl or cyclic N) is 1. The first kappa shape index (κ1) is 19.7. The van der Waals surface area contributed by atoms with E-state index in [1.165, 1.54) is 22.9 Å². The number of amides is 1. The van der Waals surface area contributed by atoms with Crippen LogP contribution in [0, 0.1) is 0 Å². The Morgan fingerprint density at radius 1 is 1.64 bits per heavy atom. The third kappa shape index (κ3) is 5.40. The number of likely N-dealkylation sites (tertiary alicyclic amines) is 1. The number of aliphatic hydroxyl groups is 1. The second kappa shape index (κ2) is 7.70. The van der Waals surface area contributed by atoms with Gasteiger partial charge in [-0.1, -0.05) is 28.5 Å². The van der Waals surface area contributed by atoms with E-state index in [1.54, 1.807) is 32.9 Å². The summed E-state index contributed by atoms with van der Waals surface area (Å²) in [5.74, 6) is 0. The molecule has 0 saturated carbocycles. The van der Waals surface area contributed by atoms with Crippen molar-refractivity contribution in [3.63, 3.8) is 0 Å². The molecule has 8 nitrogen and oxygen atoms in total. The van der Waals surface area contributed by atoms with E-state index in [4.69, 9.17) is 21.9 Å². The SMILES string of the molecule is CC(C)(C)OC(=O)N1C[C@H](Sc2ccc(Cl)cn2)[C@@](O)(CN=[N+]=[N-])C1. The molecule has 0 radical (unpaired) electrons. The average Bonchev–Trinajstić information content (AvgIpc) is 2.84. The van der Waals surface area contributed by atoms with E-state index in [2.05, 4.69) is 15.0 Å². The number of aromatic nitrogens is 1. The van der Waals surface area contributed by atoms with Crippen LogP contribution in [0.2, 0.25) is 5.02 Å². The Hall–Kier alpha value is -1.67. The number of pyridine rings is 1. The zero-order valence-electron chi connectivity index (χ0n) is 14.2. The maximum Gasteiger partial charge on any atom is 0.410 e. The van der Waals surface area contributed by atoms with Crippen molar-refractivity contribution < 1.29 is 14.6 Å². The zero-order chi connectivity index (χ0) is 18.7. The molecule has 0 unspecified atom stereocenters. The lowest BCUT2D eigenvalue weighted by Gasteiger charge is -2.26. The first-order chi connectivity index (χ1) is 11.6. The minimum Gasteiger partial charge on any atom is -0.444 e. The van der Waals surface area contributed by atoms with Gasteiger partial charge in [-0.25, -0.2) is 9.78 Å². The Morgan fingerprint density at radius 3 is 2.92 bits per heavy atom. The largest absolute Gasteiger partial charge is 0.444 e. The summed E-state index contributed by atoms with van der Waals surface area (Å²) in [5.41, 5.74) is 6.58. The van der Waals surface area contributed by atoms with Gasteiger partial charge in [-0.2, -0.15) is 0 Å². The van der Waals surface area contributed by atoms with Crippen LogP contribution in [0.5, 0.6) is 0 Å². The molecule has 25 heavy (non-hydrogen) atoms. The molecule has 0 spiro atoms. The van der Waals surface area contributed by atoms with Crippen LogP contribution in [-0.4, -0.2) is 57.2 Å². The molecule has 1 saturated heterocycles. The standard InChI is InChI=1S/C15H20ClN5O3S/c1-14(2,3)24-13(22)21-7-11(15(23,9-21)8-19-20-17)25-12-5-4-10(16)6-18-12/h4-6,11,23H,7-9H2,1-3H3/t11-,15+/m0/s1. The summed E-state index contributed by atoms with van der Waals surface area (Å²) in [7, 11) is 0. The number of halogens is 1. The number of azide groups is 1. The van der Waals surface area contributed by atoms with Gasteiger partial charge in [0, 0.05) is 17.7 Å². The molecule has 0 bridgehead atoms. The summed E-state index contributed by atoms with van der Waals surface area (Å²) >= 11 is 7.14. The molecule has 0 aromatic carbocycles. The molecule has 1 aliphatic heterocycles.